The second-order valence-electron chi connectivity index (χ2n) is 6.44. The Balaban J connectivity index is 2.37. The van der Waals surface area contributed by atoms with E-state index in [0.717, 1.165) is 31.2 Å². The number of ketones is 1. The molecule has 13 nitrogen and oxygen atoms in total. The van der Waals surface area contributed by atoms with Crippen LogP contribution in [0.15, 0.2) is 45.5 Å². The van der Waals surface area contributed by atoms with Crippen LogP contribution in [0.3, 0.4) is 0 Å². The number of amides is 1. The number of azo groups is 1. The quantitative estimate of drug-likeness (QED) is 0.172. The number of hydrogen-bond acceptors (Lipinski definition) is 10. The first-order valence-corrected chi connectivity index (χ1v) is 10.1. The van der Waals surface area contributed by atoms with Crippen molar-refractivity contribution in [2.75, 3.05) is 12.4 Å². The molecule has 3 N–H and O–H groups in total. The molecule has 0 bridgehead atoms. The zero-order valence-corrected chi connectivity index (χ0v) is 17.8. The molecule has 32 heavy (non-hydrogen) atoms. The number of carbonyl (C=O) groups is 2. The molecule has 0 saturated heterocycles. The lowest BCUT2D eigenvalue weighted by Crippen LogP contribution is -2.32. The number of phenols is 1. The predicted molar refractivity (Wildman–Crippen MR) is 110 cm³/mol. The molecule has 0 aromatic heterocycles. The van der Waals surface area contributed by atoms with Gasteiger partial charge in [0, 0.05) is 18.2 Å². The van der Waals surface area contributed by atoms with Crippen molar-refractivity contribution in [3.63, 3.8) is 0 Å². The lowest BCUT2D eigenvalue weighted by molar-refractivity contribution is -0.384. The van der Waals surface area contributed by atoms with Crippen molar-refractivity contribution in [1.82, 2.24) is 0 Å². The van der Waals surface area contributed by atoms with Gasteiger partial charge in [-0.1, -0.05) is 0 Å². The number of anilines is 1. The summed E-state index contributed by atoms with van der Waals surface area (Å²) in [6.45, 7) is 2.42. The molecule has 1 unspecified atom stereocenters. The number of Topliss-reactive ketones (excluding diaryl/α,β-unsaturated/α-hetero) is 1. The maximum Gasteiger partial charge on any atom is 0.294 e. The SMILES string of the molecule is COc1cc(S(=O)(=O)O)c(C)cc1NC(=O)C(N=Nc1cc([N+](=O)[O-])ccc1O)C(C)=O. The summed E-state index contributed by atoms with van der Waals surface area (Å²) < 4.78 is 37.2. The van der Waals surface area contributed by atoms with Gasteiger partial charge in [0.15, 0.2) is 5.78 Å². The largest absolute Gasteiger partial charge is 0.506 e. The van der Waals surface area contributed by atoms with E-state index in [0.29, 0.717) is 0 Å². The molecule has 0 aliphatic rings. The standard InChI is InChI=1S/C18H18N4O9S/c1-9-6-13(15(31-3)8-16(9)32(28,29)30)19-18(25)17(10(2)23)21-20-12-7-11(22(26)27)4-5-14(12)24/h4-8,17,24H,1-3H3,(H,19,25)(H,28,29,30). The Morgan fingerprint density at radius 1 is 1.25 bits per heavy atom. The van der Waals surface area contributed by atoms with Crippen LogP contribution in [0.5, 0.6) is 11.5 Å². The molecule has 14 heteroatoms. The highest BCUT2D eigenvalue weighted by Gasteiger charge is 2.26. The molecular formula is C18H18N4O9S. The van der Waals surface area contributed by atoms with Gasteiger partial charge in [-0.05, 0) is 31.5 Å². The molecule has 2 aromatic rings. The fourth-order valence-corrected chi connectivity index (χ4v) is 3.28. The summed E-state index contributed by atoms with van der Waals surface area (Å²) in [7, 11) is -3.35. The topological polar surface area (TPSA) is 198 Å². The number of methoxy groups -OCH3 is 1. The van der Waals surface area contributed by atoms with E-state index in [1.54, 1.807) is 0 Å². The molecule has 0 saturated carbocycles. The van der Waals surface area contributed by atoms with Crippen molar-refractivity contribution in [3.8, 4) is 11.5 Å². The first-order valence-electron chi connectivity index (χ1n) is 8.70. The summed E-state index contributed by atoms with van der Waals surface area (Å²) in [4.78, 5) is 34.3. The van der Waals surface area contributed by atoms with Crippen LogP contribution in [0.25, 0.3) is 0 Å². The summed E-state index contributed by atoms with van der Waals surface area (Å²) in [6.07, 6.45) is 0. The van der Waals surface area contributed by atoms with E-state index in [4.69, 9.17) is 4.74 Å². The van der Waals surface area contributed by atoms with E-state index in [2.05, 4.69) is 15.5 Å². The maximum absolute atomic E-state index is 12.6. The van der Waals surface area contributed by atoms with Gasteiger partial charge < -0.3 is 15.2 Å². The highest BCUT2D eigenvalue weighted by molar-refractivity contribution is 7.85. The Morgan fingerprint density at radius 2 is 1.91 bits per heavy atom. The molecule has 0 radical (unpaired) electrons. The summed E-state index contributed by atoms with van der Waals surface area (Å²) >= 11 is 0. The minimum absolute atomic E-state index is 0.0120. The molecule has 1 amide bonds. The van der Waals surface area contributed by atoms with Crippen molar-refractivity contribution in [2.24, 2.45) is 10.2 Å². The zero-order valence-electron chi connectivity index (χ0n) is 17.0. The number of nitrogens with one attached hydrogen (secondary N) is 1. The molecule has 2 aromatic carbocycles. The minimum atomic E-state index is -4.55. The Hall–Kier alpha value is -3.91. The van der Waals surface area contributed by atoms with E-state index in [-0.39, 0.29) is 28.4 Å². The third-order valence-corrected chi connectivity index (χ3v) is 5.11. The monoisotopic (exact) mass is 466 g/mol. The second-order valence-corrected chi connectivity index (χ2v) is 7.83. The van der Waals surface area contributed by atoms with Crippen molar-refractivity contribution < 1.29 is 37.3 Å². The Bertz CT molecular complexity index is 1230. The lowest BCUT2D eigenvalue weighted by atomic mass is 10.1. The van der Waals surface area contributed by atoms with Crippen molar-refractivity contribution in [1.29, 1.82) is 0 Å². The second kappa shape index (κ2) is 9.49. The average Bonchev–Trinajstić information content (AvgIpc) is 2.68. The van der Waals surface area contributed by atoms with Crippen LogP contribution in [0.1, 0.15) is 12.5 Å². The summed E-state index contributed by atoms with van der Waals surface area (Å²) in [5.41, 5.74) is -0.642. The summed E-state index contributed by atoms with van der Waals surface area (Å²) in [5, 5.41) is 30.2. The van der Waals surface area contributed by atoms with Crippen molar-refractivity contribution in [2.45, 2.75) is 24.8 Å². The lowest BCUT2D eigenvalue weighted by Gasteiger charge is -2.15. The highest BCUT2D eigenvalue weighted by atomic mass is 32.2. The Labute approximate surface area is 181 Å². The van der Waals surface area contributed by atoms with Crippen molar-refractivity contribution in [3.05, 3.63) is 46.0 Å². The molecule has 0 heterocycles. The minimum Gasteiger partial charge on any atom is -0.506 e. The van der Waals surface area contributed by atoms with E-state index >= 15 is 0 Å². The molecule has 1 atom stereocenters. The fraction of sp³-hybridized carbons (Fsp3) is 0.222. The Morgan fingerprint density at radius 3 is 2.44 bits per heavy atom. The predicted octanol–water partition coefficient (Wildman–Crippen LogP) is 2.54. The Kier molecular flexibility index (Phi) is 7.22. The van der Waals surface area contributed by atoms with Crippen LogP contribution < -0.4 is 10.1 Å². The van der Waals surface area contributed by atoms with E-state index in [1.165, 1.54) is 20.1 Å². The third kappa shape index (κ3) is 5.61. The van der Waals surface area contributed by atoms with Crippen LogP contribution in [0, 0.1) is 17.0 Å². The molecule has 0 spiro atoms. The number of nitro groups is 1. The van der Waals surface area contributed by atoms with Gasteiger partial charge in [-0.15, -0.1) is 0 Å². The van der Waals surface area contributed by atoms with Gasteiger partial charge in [-0.25, -0.2) is 0 Å². The molecule has 170 valence electrons. The van der Waals surface area contributed by atoms with Gasteiger partial charge in [0.05, 0.1) is 17.7 Å². The fourth-order valence-electron chi connectivity index (χ4n) is 2.56. The number of carbonyl (C=O) groups excluding carboxylic acids is 2. The van der Waals surface area contributed by atoms with Crippen LogP contribution in [0.4, 0.5) is 17.1 Å². The number of non-ortho nitro benzene ring substituents is 1. The first-order chi connectivity index (χ1) is 14.8. The maximum atomic E-state index is 12.6. The van der Waals surface area contributed by atoms with Crippen LogP contribution in [0.2, 0.25) is 0 Å². The van der Waals surface area contributed by atoms with Gasteiger partial charge in [0.2, 0.25) is 6.04 Å². The number of aryl methyl sites for hydroxylation is 1. The number of benzene rings is 2. The number of aromatic hydroxyl groups is 1. The zero-order chi connectivity index (χ0) is 24.2. The normalized spacial score (nSPS) is 12.4. The summed E-state index contributed by atoms with van der Waals surface area (Å²) in [6, 6.07) is 3.47. The number of nitro benzene ring substituents is 1. The van der Waals surface area contributed by atoms with Crippen LogP contribution in [-0.2, 0) is 19.7 Å². The number of ether oxygens (including phenoxy) is 1. The molecular weight excluding hydrogens is 448 g/mol. The highest BCUT2D eigenvalue weighted by Crippen LogP contribution is 2.32. The van der Waals surface area contributed by atoms with Crippen LogP contribution in [-0.4, -0.2) is 47.8 Å². The van der Waals surface area contributed by atoms with Gasteiger partial charge >= 0.3 is 0 Å². The smallest absolute Gasteiger partial charge is 0.294 e. The van der Waals surface area contributed by atoms with E-state index in [9.17, 15) is 37.8 Å². The molecule has 0 fully saturated rings. The van der Waals surface area contributed by atoms with E-state index < -0.39 is 43.4 Å². The van der Waals surface area contributed by atoms with Crippen molar-refractivity contribution >= 4 is 38.9 Å². The first kappa shape index (κ1) is 24.4. The van der Waals surface area contributed by atoms with Gasteiger partial charge in [-0.3, -0.25) is 24.3 Å². The van der Waals surface area contributed by atoms with Gasteiger partial charge in [-0.2, -0.15) is 18.6 Å². The number of nitrogens with zero attached hydrogens (tertiary/aromatic N) is 3. The van der Waals surface area contributed by atoms with Gasteiger partial charge in [0.1, 0.15) is 22.1 Å². The third-order valence-electron chi connectivity index (χ3n) is 4.12. The molecule has 0 aliphatic heterocycles. The van der Waals surface area contributed by atoms with Gasteiger partial charge in [0.25, 0.3) is 21.7 Å². The molecule has 0 aliphatic carbocycles. The number of phenolic OH excluding ortho intramolecular Hbond substituents is 1. The van der Waals surface area contributed by atoms with Crippen LogP contribution >= 0.6 is 0 Å². The summed E-state index contributed by atoms with van der Waals surface area (Å²) in [5.74, 6) is -2.28. The molecule has 2 rings (SSSR count). The number of rotatable bonds is 8. The number of hydrogen-bond donors (Lipinski definition) is 3. The average molecular weight is 466 g/mol. The van der Waals surface area contributed by atoms with E-state index in [1.807, 2.05) is 0 Å².